The Hall–Kier alpha value is -0.650. The van der Waals surface area contributed by atoms with Crippen molar-refractivity contribution in [2.24, 2.45) is 5.92 Å². The topological polar surface area (TPSA) is 47.0 Å². The Morgan fingerprint density at radius 1 is 1.00 bits per heavy atom. The molecule has 3 rings (SSSR count). The van der Waals surface area contributed by atoms with Crippen molar-refractivity contribution >= 4 is 5.91 Å². The van der Waals surface area contributed by atoms with Gasteiger partial charge in [-0.05, 0) is 39.3 Å². The van der Waals surface area contributed by atoms with Crippen LogP contribution in [-0.2, 0) is 4.79 Å². The summed E-state index contributed by atoms with van der Waals surface area (Å²) in [7, 11) is 2.11. The molecule has 3 aliphatic rings. The van der Waals surface area contributed by atoms with Crippen LogP contribution in [0.4, 0.5) is 0 Å². The van der Waals surface area contributed by atoms with E-state index in [2.05, 4.69) is 16.8 Å². The first kappa shape index (κ1) is 16.2. The SMILES string of the molecule is CN1CCN(C(=O)CN2CCC[C@@H]2[C@H]2CCCC[C@H]2O)CC1. The zero-order chi connectivity index (χ0) is 15.5. The van der Waals surface area contributed by atoms with Crippen LogP contribution in [0, 0.1) is 5.92 Å². The number of aliphatic hydroxyl groups is 1. The van der Waals surface area contributed by atoms with Crippen molar-refractivity contribution in [1.82, 2.24) is 14.7 Å². The molecule has 1 amide bonds. The zero-order valence-electron chi connectivity index (χ0n) is 13.9. The zero-order valence-corrected chi connectivity index (χ0v) is 13.9. The highest BCUT2D eigenvalue weighted by Gasteiger charge is 2.38. The summed E-state index contributed by atoms with van der Waals surface area (Å²) in [5.74, 6) is 0.668. The minimum atomic E-state index is -0.155. The summed E-state index contributed by atoms with van der Waals surface area (Å²) in [4.78, 5) is 19.2. The van der Waals surface area contributed by atoms with Gasteiger partial charge in [0.05, 0.1) is 12.6 Å². The Kier molecular flexibility index (Phi) is 5.37. The van der Waals surface area contributed by atoms with Crippen molar-refractivity contribution in [3.63, 3.8) is 0 Å². The highest BCUT2D eigenvalue weighted by atomic mass is 16.3. The summed E-state index contributed by atoms with van der Waals surface area (Å²) in [5, 5.41) is 10.3. The van der Waals surface area contributed by atoms with Crippen LogP contribution in [0.3, 0.4) is 0 Å². The lowest BCUT2D eigenvalue weighted by Crippen LogP contribution is -2.52. The molecule has 2 heterocycles. The second kappa shape index (κ2) is 7.28. The van der Waals surface area contributed by atoms with Crippen molar-refractivity contribution in [2.75, 3.05) is 46.3 Å². The summed E-state index contributed by atoms with van der Waals surface area (Å²) in [6.45, 7) is 5.26. The molecule has 2 saturated heterocycles. The second-order valence-electron chi connectivity index (χ2n) is 7.38. The molecule has 1 saturated carbocycles. The fraction of sp³-hybridized carbons (Fsp3) is 0.941. The Bertz CT molecular complexity index is 382. The number of piperazine rings is 1. The quantitative estimate of drug-likeness (QED) is 0.837. The normalized spacial score (nSPS) is 35.0. The Morgan fingerprint density at radius 3 is 2.45 bits per heavy atom. The molecule has 1 aliphatic carbocycles. The number of hydrogen-bond acceptors (Lipinski definition) is 4. The van der Waals surface area contributed by atoms with Gasteiger partial charge in [-0.1, -0.05) is 12.8 Å². The van der Waals surface area contributed by atoms with E-state index in [0.717, 1.165) is 58.4 Å². The minimum Gasteiger partial charge on any atom is -0.393 e. The second-order valence-corrected chi connectivity index (χ2v) is 7.38. The number of likely N-dealkylation sites (N-methyl/N-ethyl adjacent to an activating group) is 1. The lowest BCUT2D eigenvalue weighted by molar-refractivity contribution is -0.134. The highest BCUT2D eigenvalue weighted by molar-refractivity contribution is 5.78. The van der Waals surface area contributed by atoms with E-state index < -0.39 is 0 Å². The molecule has 0 bridgehead atoms. The van der Waals surface area contributed by atoms with E-state index in [0.29, 0.717) is 18.5 Å². The predicted molar refractivity (Wildman–Crippen MR) is 86.6 cm³/mol. The molecule has 0 radical (unpaired) electrons. The number of carbonyl (C=O) groups is 1. The molecule has 1 N–H and O–H groups in total. The lowest BCUT2D eigenvalue weighted by Gasteiger charge is -2.38. The summed E-state index contributed by atoms with van der Waals surface area (Å²) < 4.78 is 0. The van der Waals surface area contributed by atoms with E-state index in [1.54, 1.807) is 0 Å². The third-order valence-corrected chi connectivity index (χ3v) is 5.88. The van der Waals surface area contributed by atoms with E-state index in [4.69, 9.17) is 0 Å². The molecular formula is C17H31N3O2. The maximum absolute atomic E-state index is 12.6. The van der Waals surface area contributed by atoms with Gasteiger partial charge in [-0.3, -0.25) is 9.69 Å². The van der Waals surface area contributed by atoms with Crippen molar-refractivity contribution in [2.45, 2.75) is 50.7 Å². The average Bonchev–Trinajstić information content (AvgIpc) is 2.96. The molecule has 5 nitrogen and oxygen atoms in total. The number of nitrogens with zero attached hydrogens (tertiary/aromatic N) is 3. The van der Waals surface area contributed by atoms with Gasteiger partial charge in [0.2, 0.25) is 5.91 Å². The van der Waals surface area contributed by atoms with Crippen molar-refractivity contribution in [3.05, 3.63) is 0 Å². The molecule has 0 spiro atoms. The number of hydrogen-bond donors (Lipinski definition) is 1. The van der Waals surface area contributed by atoms with Crippen LogP contribution in [0.1, 0.15) is 38.5 Å². The molecular weight excluding hydrogens is 278 g/mol. The van der Waals surface area contributed by atoms with Crippen LogP contribution in [0.2, 0.25) is 0 Å². The fourth-order valence-electron chi connectivity index (χ4n) is 4.45. The standard InChI is InChI=1S/C17H31N3O2/c1-18-9-11-19(12-10-18)17(22)13-20-8-4-6-15(20)14-5-2-3-7-16(14)21/h14-16,21H,2-13H2,1H3/t14-,15-,16-/m1/s1. The van der Waals surface area contributed by atoms with E-state index in [-0.39, 0.29) is 12.0 Å². The highest BCUT2D eigenvalue weighted by Crippen LogP contribution is 2.34. The smallest absolute Gasteiger partial charge is 0.236 e. The molecule has 0 aromatic carbocycles. The summed E-state index contributed by atoms with van der Waals surface area (Å²) in [6, 6.07) is 0.423. The molecule has 126 valence electrons. The van der Waals surface area contributed by atoms with Gasteiger partial charge in [0.15, 0.2) is 0 Å². The molecule has 0 aromatic rings. The van der Waals surface area contributed by atoms with Crippen molar-refractivity contribution < 1.29 is 9.90 Å². The molecule has 0 aromatic heterocycles. The number of aliphatic hydroxyl groups excluding tert-OH is 1. The lowest BCUT2D eigenvalue weighted by atomic mass is 9.80. The van der Waals surface area contributed by atoms with E-state index in [1.807, 2.05) is 4.90 Å². The largest absolute Gasteiger partial charge is 0.393 e. The molecule has 3 fully saturated rings. The van der Waals surface area contributed by atoms with Gasteiger partial charge < -0.3 is 14.9 Å². The van der Waals surface area contributed by atoms with E-state index in [9.17, 15) is 9.90 Å². The predicted octanol–water partition coefficient (Wildman–Crippen LogP) is 0.776. The number of rotatable bonds is 3. The number of amides is 1. The maximum Gasteiger partial charge on any atom is 0.236 e. The molecule has 0 unspecified atom stereocenters. The first-order valence-corrected chi connectivity index (χ1v) is 9.03. The van der Waals surface area contributed by atoms with Crippen LogP contribution in [-0.4, -0.2) is 84.2 Å². The van der Waals surface area contributed by atoms with Gasteiger partial charge in [0.25, 0.3) is 0 Å². The Balaban J connectivity index is 1.55. The molecule has 3 atom stereocenters. The first-order valence-electron chi connectivity index (χ1n) is 9.03. The monoisotopic (exact) mass is 309 g/mol. The van der Waals surface area contributed by atoms with Crippen LogP contribution in [0.5, 0.6) is 0 Å². The molecule has 5 heteroatoms. The van der Waals surface area contributed by atoms with Crippen LogP contribution in [0.25, 0.3) is 0 Å². The number of likely N-dealkylation sites (tertiary alicyclic amines) is 1. The minimum absolute atomic E-state index is 0.155. The third-order valence-electron chi connectivity index (χ3n) is 5.88. The van der Waals surface area contributed by atoms with Gasteiger partial charge >= 0.3 is 0 Å². The molecule has 22 heavy (non-hydrogen) atoms. The molecule has 2 aliphatic heterocycles. The Morgan fingerprint density at radius 2 is 1.73 bits per heavy atom. The van der Waals surface area contributed by atoms with Gasteiger partial charge in [0.1, 0.15) is 0 Å². The van der Waals surface area contributed by atoms with Crippen molar-refractivity contribution in [3.8, 4) is 0 Å². The maximum atomic E-state index is 12.6. The van der Waals surface area contributed by atoms with Crippen LogP contribution >= 0.6 is 0 Å². The van der Waals surface area contributed by atoms with Gasteiger partial charge in [0, 0.05) is 38.1 Å². The Labute approximate surface area is 134 Å². The van der Waals surface area contributed by atoms with Gasteiger partial charge in [-0.2, -0.15) is 0 Å². The average molecular weight is 309 g/mol. The van der Waals surface area contributed by atoms with Gasteiger partial charge in [-0.25, -0.2) is 0 Å². The third kappa shape index (κ3) is 3.63. The summed E-state index contributed by atoms with van der Waals surface area (Å²) in [6.07, 6.45) is 6.63. The van der Waals surface area contributed by atoms with E-state index >= 15 is 0 Å². The number of carbonyl (C=O) groups excluding carboxylic acids is 1. The summed E-state index contributed by atoms with van der Waals surface area (Å²) in [5.41, 5.74) is 0. The fourth-order valence-corrected chi connectivity index (χ4v) is 4.45. The van der Waals surface area contributed by atoms with E-state index in [1.165, 1.54) is 12.8 Å². The first-order chi connectivity index (χ1) is 10.6. The van der Waals surface area contributed by atoms with Gasteiger partial charge in [-0.15, -0.1) is 0 Å². The van der Waals surface area contributed by atoms with Crippen LogP contribution in [0.15, 0.2) is 0 Å². The van der Waals surface area contributed by atoms with Crippen LogP contribution < -0.4 is 0 Å². The summed E-state index contributed by atoms with van der Waals surface area (Å²) >= 11 is 0. The van der Waals surface area contributed by atoms with Crippen molar-refractivity contribution in [1.29, 1.82) is 0 Å².